The van der Waals surface area contributed by atoms with E-state index in [0.29, 0.717) is 17.1 Å². The minimum atomic E-state index is -4.68. The number of carbonyl (C=O) groups is 1. The Kier molecular flexibility index (Phi) is 3.64. The van der Waals surface area contributed by atoms with Crippen molar-refractivity contribution in [2.24, 2.45) is 0 Å². The third kappa shape index (κ3) is 2.95. The van der Waals surface area contributed by atoms with Gasteiger partial charge in [0.2, 0.25) is 0 Å². The van der Waals surface area contributed by atoms with Crippen LogP contribution in [0.4, 0.5) is 19.0 Å². The maximum absolute atomic E-state index is 12.7. The summed E-state index contributed by atoms with van der Waals surface area (Å²) in [5, 5.41) is 8.68. The Bertz CT molecular complexity index is 893. The largest absolute Gasteiger partial charge is 0.433 e. The molecule has 0 saturated heterocycles. The van der Waals surface area contributed by atoms with E-state index in [1.807, 2.05) is 0 Å². The van der Waals surface area contributed by atoms with Crippen LogP contribution >= 0.6 is 11.6 Å². The molecule has 2 N–H and O–H groups in total. The first kappa shape index (κ1) is 15.2. The van der Waals surface area contributed by atoms with Gasteiger partial charge in [-0.05, 0) is 18.2 Å². The molecule has 1 amide bonds. The van der Waals surface area contributed by atoms with E-state index in [1.54, 1.807) is 12.1 Å². The van der Waals surface area contributed by atoms with Gasteiger partial charge in [0.15, 0.2) is 5.82 Å². The van der Waals surface area contributed by atoms with Crippen molar-refractivity contribution in [3.05, 3.63) is 46.9 Å². The zero-order chi connectivity index (χ0) is 16.6. The highest BCUT2D eigenvalue weighted by atomic mass is 35.5. The lowest BCUT2D eigenvalue weighted by Crippen LogP contribution is -2.16. The summed E-state index contributed by atoms with van der Waals surface area (Å²) in [6, 6.07) is 3.94. The first-order valence-corrected chi connectivity index (χ1v) is 6.57. The summed E-state index contributed by atoms with van der Waals surface area (Å²) in [5.74, 6) is -0.756. The number of anilines is 1. The highest BCUT2D eigenvalue weighted by Gasteiger charge is 2.33. The molecule has 3 rings (SSSR count). The highest BCUT2D eigenvalue weighted by Crippen LogP contribution is 2.30. The standard InChI is InChI=1S/C13H7ClF3N5O/c14-7-5-19-9(13(15,16)17)4-6(7)12(23)20-11-10-8(21-22-11)2-1-3-18-10/h1-5H,(H2,20,21,22,23). The molecule has 3 aromatic rings. The molecule has 0 aliphatic rings. The van der Waals surface area contributed by atoms with E-state index in [9.17, 15) is 18.0 Å². The van der Waals surface area contributed by atoms with Gasteiger partial charge < -0.3 is 5.32 Å². The maximum Gasteiger partial charge on any atom is 0.433 e. The van der Waals surface area contributed by atoms with Gasteiger partial charge in [-0.15, -0.1) is 0 Å². The Labute approximate surface area is 131 Å². The van der Waals surface area contributed by atoms with Gasteiger partial charge in [-0.2, -0.15) is 18.3 Å². The second-order valence-corrected chi connectivity index (χ2v) is 4.88. The molecule has 0 aliphatic heterocycles. The summed E-state index contributed by atoms with van der Waals surface area (Å²) in [5.41, 5.74) is -0.625. The quantitative estimate of drug-likeness (QED) is 0.749. The minimum Gasteiger partial charge on any atom is -0.303 e. The molecule has 0 atom stereocenters. The fourth-order valence-corrected chi connectivity index (χ4v) is 2.07. The summed E-state index contributed by atoms with van der Waals surface area (Å²) in [4.78, 5) is 19.4. The second-order valence-electron chi connectivity index (χ2n) is 4.47. The molecule has 0 aromatic carbocycles. The molecule has 23 heavy (non-hydrogen) atoms. The molecule has 0 radical (unpaired) electrons. The first-order chi connectivity index (χ1) is 10.9. The number of rotatable bonds is 2. The van der Waals surface area contributed by atoms with E-state index in [2.05, 4.69) is 25.5 Å². The lowest BCUT2D eigenvalue weighted by atomic mass is 10.2. The van der Waals surface area contributed by atoms with Crippen LogP contribution in [0.25, 0.3) is 11.0 Å². The van der Waals surface area contributed by atoms with Crippen LogP contribution in [-0.2, 0) is 6.18 Å². The minimum absolute atomic E-state index is 0.0898. The molecule has 0 aliphatic carbocycles. The Morgan fingerprint density at radius 1 is 1.30 bits per heavy atom. The second kappa shape index (κ2) is 5.51. The smallest absolute Gasteiger partial charge is 0.303 e. The normalized spacial score (nSPS) is 11.7. The third-order valence-corrected chi connectivity index (χ3v) is 3.24. The van der Waals surface area contributed by atoms with Crippen molar-refractivity contribution in [3.63, 3.8) is 0 Å². The zero-order valence-electron chi connectivity index (χ0n) is 11.1. The molecular weight excluding hydrogens is 335 g/mol. The molecule has 0 spiro atoms. The molecule has 6 nitrogen and oxygen atoms in total. The number of alkyl halides is 3. The van der Waals surface area contributed by atoms with Crippen LogP contribution in [-0.4, -0.2) is 26.1 Å². The van der Waals surface area contributed by atoms with Crippen LogP contribution in [0.1, 0.15) is 16.1 Å². The predicted molar refractivity (Wildman–Crippen MR) is 76.1 cm³/mol. The van der Waals surface area contributed by atoms with E-state index >= 15 is 0 Å². The summed E-state index contributed by atoms with van der Waals surface area (Å²) in [6.45, 7) is 0. The lowest BCUT2D eigenvalue weighted by molar-refractivity contribution is -0.141. The number of nitrogens with zero attached hydrogens (tertiary/aromatic N) is 3. The SMILES string of the molecule is O=C(Nc1n[nH]c2cccnc12)c1cc(C(F)(F)F)ncc1Cl. The monoisotopic (exact) mass is 341 g/mol. The number of halogens is 4. The molecule has 0 bridgehead atoms. The van der Waals surface area contributed by atoms with Crippen LogP contribution in [0.5, 0.6) is 0 Å². The summed E-state index contributed by atoms with van der Waals surface area (Å²) >= 11 is 5.77. The van der Waals surface area contributed by atoms with Crippen molar-refractivity contribution >= 4 is 34.4 Å². The number of pyridine rings is 2. The van der Waals surface area contributed by atoms with E-state index in [0.717, 1.165) is 6.20 Å². The molecule has 3 aromatic heterocycles. The first-order valence-electron chi connectivity index (χ1n) is 6.19. The van der Waals surface area contributed by atoms with Gasteiger partial charge in [0.05, 0.1) is 16.1 Å². The highest BCUT2D eigenvalue weighted by molar-refractivity contribution is 6.34. The zero-order valence-corrected chi connectivity index (χ0v) is 11.9. The topological polar surface area (TPSA) is 83.6 Å². The van der Waals surface area contributed by atoms with Gasteiger partial charge in [0, 0.05) is 12.4 Å². The molecule has 10 heteroatoms. The molecule has 3 heterocycles. The van der Waals surface area contributed by atoms with Crippen LogP contribution in [0.3, 0.4) is 0 Å². The molecule has 118 valence electrons. The van der Waals surface area contributed by atoms with Crippen molar-refractivity contribution in [3.8, 4) is 0 Å². The Balaban J connectivity index is 1.94. The van der Waals surface area contributed by atoms with Gasteiger partial charge in [0.25, 0.3) is 5.91 Å². The predicted octanol–water partition coefficient (Wildman–Crippen LogP) is 3.28. The maximum atomic E-state index is 12.7. The van der Waals surface area contributed by atoms with E-state index in [1.165, 1.54) is 6.20 Å². The summed E-state index contributed by atoms with van der Waals surface area (Å²) in [7, 11) is 0. The van der Waals surface area contributed by atoms with E-state index in [4.69, 9.17) is 11.6 Å². The average Bonchev–Trinajstić information content (AvgIpc) is 2.90. The number of hydrogen-bond donors (Lipinski definition) is 2. The summed E-state index contributed by atoms with van der Waals surface area (Å²) < 4.78 is 38.1. The van der Waals surface area contributed by atoms with Gasteiger partial charge in [-0.1, -0.05) is 11.6 Å². The van der Waals surface area contributed by atoms with Crippen molar-refractivity contribution < 1.29 is 18.0 Å². The number of nitrogens with one attached hydrogen (secondary N) is 2. The van der Waals surface area contributed by atoms with Gasteiger partial charge >= 0.3 is 6.18 Å². The molecular formula is C13H7ClF3N5O. The summed E-state index contributed by atoms with van der Waals surface area (Å²) in [6.07, 6.45) is -2.41. The van der Waals surface area contributed by atoms with Crippen LogP contribution in [0, 0.1) is 0 Å². The van der Waals surface area contributed by atoms with E-state index in [-0.39, 0.29) is 16.4 Å². The van der Waals surface area contributed by atoms with Crippen LogP contribution < -0.4 is 5.32 Å². The van der Waals surface area contributed by atoms with Gasteiger partial charge in [-0.25, -0.2) is 0 Å². The van der Waals surface area contributed by atoms with Crippen molar-refractivity contribution in [2.45, 2.75) is 6.18 Å². The molecule has 0 fully saturated rings. The molecule has 0 unspecified atom stereocenters. The average molecular weight is 342 g/mol. The number of amides is 1. The van der Waals surface area contributed by atoms with E-state index < -0.39 is 17.8 Å². The number of fused-ring (bicyclic) bond motifs is 1. The fraction of sp³-hybridized carbons (Fsp3) is 0.0769. The third-order valence-electron chi connectivity index (χ3n) is 2.94. The van der Waals surface area contributed by atoms with Crippen molar-refractivity contribution in [1.82, 2.24) is 20.2 Å². The van der Waals surface area contributed by atoms with Crippen molar-refractivity contribution in [2.75, 3.05) is 5.32 Å². The fourth-order valence-electron chi connectivity index (χ4n) is 1.88. The van der Waals surface area contributed by atoms with Crippen LogP contribution in [0.15, 0.2) is 30.6 Å². The van der Waals surface area contributed by atoms with Gasteiger partial charge in [-0.3, -0.25) is 19.9 Å². The number of aromatic nitrogens is 4. The number of hydrogen-bond acceptors (Lipinski definition) is 4. The molecule has 0 saturated carbocycles. The Morgan fingerprint density at radius 3 is 2.83 bits per heavy atom. The number of H-pyrrole nitrogens is 1. The van der Waals surface area contributed by atoms with Crippen LogP contribution in [0.2, 0.25) is 5.02 Å². The number of carbonyl (C=O) groups excluding carboxylic acids is 1. The number of aromatic amines is 1. The Hall–Kier alpha value is -2.68. The lowest BCUT2D eigenvalue weighted by Gasteiger charge is -2.09. The van der Waals surface area contributed by atoms with Gasteiger partial charge in [0.1, 0.15) is 11.2 Å². The van der Waals surface area contributed by atoms with Crippen molar-refractivity contribution in [1.29, 1.82) is 0 Å². The Morgan fingerprint density at radius 2 is 2.09 bits per heavy atom.